The van der Waals surface area contributed by atoms with E-state index in [9.17, 15) is 18.0 Å². The number of alkyl halides is 3. The number of allylic oxidation sites excluding steroid dienone is 3. The number of halogens is 3. The Labute approximate surface area is 163 Å². The molecule has 2 N–H and O–H groups in total. The Kier molecular flexibility index (Phi) is 5.84. The van der Waals surface area contributed by atoms with Crippen LogP contribution in [0.25, 0.3) is 0 Å². The molecule has 1 aromatic rings. The fourth-order valence-electron chi connectivity index (χ4n) is 3.94. The molecule has 0 radical (unpaired) electrons. The SMILES string of the molecule is C=C(C1=C(N(N)c2ccc(C(=O)N3CCCC3)c(C)c2)CCCC1)C(F)(F)F. The van der Waals surface area contributed by atoms with Crippen molar-refractivity contribution < 1.29 is 18.0 Å². The van der Waals surface area contributed by atoms with Gasteiger partial charge in [0.15, 0.2) is 0 Å². The Morgan fingerprint density at radius 3 is 2.39 bits per heavy atom. The van der Waals surface area contributed by atoms with Gasteiger partial charge in [0.1, 0.15) is 0 Å². The summed E-state index contributed by atoms with van der Waals surface area (Å²) in [6.45, 7) is 6.61. The lowest BCUT2D eigenvalue weighted by atomic mass is 9.90. The quantitative estimate of drug-likeness (QED) is 0.587. The van der Waals surface area contributed by atoms with E-state index in [1.54, 1.807) is 18.2 Å². The van der Waals surface area contributed by atoms with Crippen LogP contribution in [0.3, 0.4) is 0 Å². The summed E-state index contributed by atoms with van der Waals surface area (Å²) >= 11 is 0. The number of rotatable bonds is 4. The van der Waals surface area contributed by atoms with Crippen molar-refractivity contribution >= 4 is 11.6 Å². The monoisotopic (exact) mass is 393 g/mol. The van der Waals surface area contributed by atoms with Crippen molar-refractivity contribution in [3.63, 3.8) is 0 Å². The fraction of sp³-hybridized carbons (Fsp3) is 0.476. The number of amides is 1. The molecule has 0 saturated carbocycles. The summed E-state index contributed by atoms with van der Waals surface area (Å²) in [5.41, 5.74) is 1.74. The number of carbonyl (C=O) groups is 1. The molecule has 0 unspecified atom stereocenters. The van der Waals surface area contributed by atoms with Crippen molar-refractivity contribution in [1.29, 1.82) is 0 Å². The molecule has 1 heterocycles. The van der Waals surface area contributed by atoms with Crippen LogP contribution in [0.5, 0.6) is 0 Å². The van der Waals surface area contributed by atoms with Crippen LogP contribution in [0.4, 0.5) is 18.9 Å². The van der Waals surface area contributed by atoms with E-state index in [2.05, 4.69) is 6.58 Å². The van der Waals surface area contributed by atoms with E-state index in [0.717, 1.165) is 37.9 Å². The molecule has 0 aromatic heterocycles. The zero-order chi connectivity index (χ0) is 20.5. The minimum absolute atomic E-state index is 0.00635. The zero-order valence-electron chi connectivity index (χ0n) is 16.1. The predicted molar refractivity (Wildman–Crippen MR) is 104 cm³/mol. The molecule has 1 fully saturated rings. The largest absolute Gasteiger partial charge is 0.416 e. The molecule has 1 aliphatic carbocycles. The van der Waals surface area contributed by atoms with Gasteiger partial charge < -0.3 is 4.90 Å². The molecular formula is C21H26F3N3O. The van der Waals surface area contributed by atoms with E-state index in [0.29, 0.717) is 36.2 Å². The summed E-state index contributed by atoms with van der Waals surface area (Å²) in [4.78, 5) is 14.5. The van der Waals surface area contributed by atoms with Gasteiger partial charge in [-0.3, -0.25) is 9.80 Å². The maximum absolute atomic E-state index is 13.2. The van der Waals surface area contributed by atoms with Crippen molar-refractivity contribution in [2.75, 3.05) is 18.1 Å². The van der Waals surface area contributed by atoms with Crippen molar-refractivity contribution in [3.05, 3.63) is 52.7 Å². The lowest BCUT2D eigenvalue weighted by Crippen LogP contribution is -2.34. The molecule has 4 nitrogen and oxygen atoms in total. The predicted octanol–water partition coefficient (Wildman–Crippen LogP) is 4.86. The molecule has 0 atom stereocenters. The van der Waals surface area contributed by atoms with E-state index in [-0.39, 0.29) is 11.5 Å². The highest BCUT2D eigenvalue weighted by Crippen LogP contribution is 2.39. The Balaban J connectivity index is 1.89. The van der Waals surface area contributed by atoms with Gasteiger partial charge in [0.25, 0.3) is 5.91 Å². The minimum atomic E-state index is -4.47. The van der Waals surface area contributed by atoms with Gasteiger partial charge in [-0.15, -0.1) is 0 Å². The summed E-state index contributed by atoms with van der Waals surface area (Å²) in [6, 6.07) is 5.18. The smallest absolute Gasteiger partial charge is 0.339 e. The molecule has 28 heavy (non-hydrogen) atoms. The van der Waals surface area contributed by atoms with Crippen LogP contribution in [0.15, 0.2) is 41.6 Å². The zero-order valence-corrected chi connectivity index (χ0v) is 16.1. The van der Waals surface area contributed by atoms with Crippen molar-refractivity contribution in [1.82, 2.24) is 4.90 Å². The van der Waals surface area contributed by atoms with E-state index in [4.69, 9.17) is 5.84 Å². The van der Waals surface area contributed by atoms with Gasteiger partial charge in [-0.05, 0) is 74.8 Å². The molecule has 1 saturated heterocycles. The molecule has 0 bridgehead atoms. The molecule has 152 valence electrons. The van der Waals surface area contributed by atoms with Crippen molar-refractivity contribution in [2.24, 2.45) is 5.84 Å². The summed E-state index contributed by atoms with van der Waals surface area (Å²) in [5.74, 6) is 6.22. The molecule has 1 aliphatic heterocycles. The highest BCUT2D eigenvalue weighted by atomic mass is 19.4. The van der Waals surface area contributed by atoms with Gasteiger partial charge in [0, 0.05) is 24.4 Å². The number of carbonyl (C=O) groups excluding carboxylic acids is 1. The average Bonchev–Trinajstić information content (AvgIpc) is 3.20. The van der Waals surface area contributed by atoms with Crippen LogP contribution in [0.1, 0.15) is 54.4 Å². The van der Waals surface area contributed by atoms with Gasteiger partial charge in [-0.25, -0.2) is 5.84 Å². The first kappa shape index (κ1) is 20.5. The van der Waals surface area contributed by atoms with Crippen LogP contribution in [-0.2, 0) is 0 Å². The second kappa shape index (κ2) is 7.99. The molecule has 0 spiro atoms. The van der Waals surface area contributed by atoms with E-state index >= 15 is 0 Å². The van der Waals surface area contributed by atoms with Gasteiger partial charge in [-0.1, -0.05) is 6.58 Å². The van der Waals surface area contributed by atoms with E-state index in [1.807, 2.05) is 11.8 Å². The van der Waals surface area contributed by atoms with Crippen LogP contribution in [0, 0.1) is 6.92 Å². The van der Waals surface area contributed by atoms with Crippen LogP contribution in [0.2, 0.25) is 0 Å². The summed E-state index contributed by atoms with van der Waals surface area (Å²) in [5, 5.41) is 1.32. The van der Waals surface area contributed by atoms with Crippen LogP contribution in [-0.4, -0.2) is 30.1 Å². The Hall–Kier alpha value is -2.28. The van der Waals surface area contributed by atoms with Gasteiger partial charge in [0.05, 0.1) is 11.3 Å². The Morgan fingerprint density at radius 1 is 1.14 bits per heavy atom. The fourth-order valence-corrected chi connectivity index (χ4v) is 3.94. The maximum Gasteiger partial charge on any atom is 0.416 e. The second-order valence-corrected chi connectivity index (χ2v) is 7.48. The average molecular weight is 393 g/mol. The normalized spacial score (nSPS) is 17.8. The van der Waals surface area contributed by atoms with Crippen molar-refractivity contribution in [2.45, 2.75) is 51.6 Å². The number of nitrogens with zero attached hydrogens (tertiary/aromatic N) is 2. The standard InChI is InChI=1S/C21H26F3N3O/c1-14-13-16(9-10-17(14)20(28)26-11-5-6-12-26)27(25)19-8-4-3-7-18(19)15(2)21(22,23)24/h9-10,13H,2-8,11-12,25H2,1H3. The van der Waals surface area contributed by atoms with E-state index in [1.165, 1.54) is 5.01 Å². The summed E-state index contributed by atoms with van der Waals surface area (Å²) < 4.78 is 39.6. The number of nitrogens with two attached hydrogens (primary N) is 1. The molecule has 1 amide bonds. The lowest BCUT2D eigenvalue weighted by Gasteiger charge is -2.30. The van der Waals surface area contributed by atoms with Crippen LogP contribution < -0.4 is 10.9 Å². The first-order chi connectivity index (χ1) is 13.2. The third kappa shape index (κ3) is 4.09. The number of anilines is 1. The highest BCUT2D eigenvalue weighted by Gasteiger charge is 2.36. The topological polar surface area (TPSA) is 49.6 Å². The lowest BCUT2D eigenvalue weighted by molar-refractivity contribution is -0.0894. The Bertz CT molecular complexity index is 808. The highest BCUT2D eigenvalue weighted by molar-refractivity contribution is 5.96. The third-order valence-corrected chi connectivity index (χ3v) is 5.55. The van der Waals surface area contributed by atoms with E-state index < -0.39 is 11.7 Å². The number of likely N-dealkylation sites (tertiary alicyclic amines) is 1. The first-order valence-electron chi connectivity index (χ1n) is 9.63. The Morgan fingerprint density at radius 2 is 1.79 bits per heavy atom. The molecule has 7 heteroatoms. The van der Waals surface area contributed by atoms with Gasteiger partial charge in [-0.2, -0.15) is 13.2 Å². The molecule has 1 aromatic carbocycles. The number of hydrazine groups is 1. The van der Waals surface area contributed by atoms with Gasteiger partial charge in [0.2, 0.25) is 0 Å². The first-order valence-corrected chi connectivity index (χ1v) is 9.63. The number of benzene rings is 1. The van der Waals surface area contributed by atoms with Gasteiger partial charge >= 0.3 is 6.18 Å². The number of hydrogen-bond acceptors (Lipinski definition) is 3. The molecular weight excluding hydrogens is 367 g/mol. The minimum Gasteiger partial charge on any atom is -0.339 e. The van der Waals surface area contributed by atoms with Crippen molar-refractivity contribution in [3.8, 4) is 0 Å². The number of aryl methyl sites for hydroxylation is 1. The van der Waals surface area contributed by atoms with Crippen LogP contribution >= 0.6 is 0 Å². The third-order valence-electron chi connectivity index (χ3n) is 5.55. The summed E-state index contributed by atoms with van der Waals surface area (Å²) in [7, 11) is 0. The number of hydrogen-bond donors (Lipinski definition) is 1. The molecule has 3 rings (SSSR count). The second-order valence-electron chi connectivity index (χ2n) is 7.48. The maximum atomic E-state index is 13.2. The summed E-state index contributed by atoms with van der Waals surface area (Å²) in [6.07, 6.45) is -0.202. The molecule has 2 aliphatic rings.